The van der Waals surface area contributed by atoms with Crippen molar-refractivity contribution in [3.63, 3.8) is 0 Å². The van der Waals surface area contributed by atoms with Gasteiger partial charge < -0.3 is 0 Å². The van der Waals surface area contributed by atoms with Gasteiger partial charge in [-0.1, -0.05) is 17.7 Å². The van der Waals surface area contributed by atoms with Gasteiger partial charge in [0.1, 0.15) is 0 Å². The van der Waals surface area contributed by atoms with Gasteiger partial charge in [0, 0.05) is 10.1 Å². The maximum Gasteiger partial charge on any atom is 0.0170 e. The van der Waals surface area contributed by atoms with Gasteiger partial charge >= 0.3 is 0 Å². The number of thioether (sulfide) groups is 1. The van der Waals surface area contributed by atoms with E-state index in [-0.39, 0.29) is 0 Å². The van der Waals surface area contributed by atoms with E-state index in [1.807, 2.05) is 0 Å². The first-order chi connectivity index (χ1) is 5.34. The Morgan fingerprint density at radius 3 is 3.27 bits per heavy atom. The maximum absolute atomic E-state index is 2.36. The van der Waals surface area contributed by atoms with Crippen molar-refractivity contribution in [3.05, 3.63) is 29.3 Å². The van der Waals surface area contributed by atoms with Gasteiger partial charge in [-0.05, 0) is 30.9 Å². The van der Waals surface area contributed by atoms with Crippen LogP contribution >= 0.6 is 11.8 Å². The summed E-state index contributed by atoms with van der Waals surface area (Å²) < 4.78 is 0. The van der Waals surface area contributed by atoms with Crippen molar-refractivity contribution in [2.45, 2.75) is 29.4 Å². The summed E-state index contributed by atoms with van der Waals surface area (Å²) in [6.45, 7) is 2.18. The zero-order valence-electron chi connectivity index (χ0n) is 6.50. The lowest BCUT2D eigenvalue weighted by Crippen LogP contribution is -1.80. The minimum Gasteiger partial charge on any atom is -0.122 e. The molecule has 1 heteroatoms. The standard InChI is InChI=1S/C10H10S/c1-6-2-3-9-7(4-6)8-5-10(8)11-9/h2-4,8,10H,5H2,1H3. The van der Waals surface area contributed by atoms with Gasteiger partial charge in [0.2, 0.25) is 0 Å². The zero-order chi connectivity index (χ0) is 7.42. The average Bonchev–Trinajstić information content (AvgIpc) is 2.67. The summed E-state index contributed by atoms with van der Waals surface area (Å²) in [4.78, 5) is 1.54. The van der Waals surface area contributed by atoms with E-state index in [1.54, 1.807) is 5.56 Å². The van der Waals surface area contributed by atoms with Crippen LogP contribution in [-0.2, 0) is 0 Å². The zero-order valence-corrected chi connectivity index (χ0v) is 7.32. The van der Waals surface area contributed by atoms with E-state index < -0.39 is 0 Å². The summed E-state index contributed by atoms with van der Waals surface area (Å²) in [7, 11) is 0. The first kappa shape index (κ1) is 6.13. The summed E-state index contributed by atoms with van der Waals surface area (Å²) >= 11 is 2.07. The van der Waals surface area contributed by atoms with E-state index in [0.29, 0.717) is 0 Å². The molecule has 0 saturated heterocycles. The Kier molecular flexibility index (Phi) is 1.02. The molecule has 0 aromatic heterocycles. The van der Waals surface area contributed by atoms with Crippen LogP contribution in [0.25, 0.3) is 0 Å². The molecule has 1 aromatic rings. The van der Waals surface area contributed by atoms with Crippen LogP contribution in [0.5, 0.6) is 0 Å². The van der Waals surface area contributed by atoms with Gasteiger partial charge in [0.05, 0.1) is 0 Å². The van der Waals surface area contributed by atoms with Crippen LogP contribution in [-0.4, -0.2) is 5.25 Å². The third kappa shape index (κ3) is 0.777. The molecular formula is C10H10S. The average molecular weight is 162 g/mol. The molecule has 1 aliphatic carbocycles. The fraction of sp³-hybridized carbons (Fsp3) is 0.400. The second-order valence-corrected chi connectivity index (χ2v) is 4.82. The normalized spacial score (nSPS) is 31.4. The van der Waals surface area contributed by atoms with E-state index >= 15 is 0 Å². The summed E-state index contributed by atoms with van der Waals surface area (Å²) in [5, 5.41) is 0.951. The van der Waals surface area contributed by atoms with Crippen molar-refractivity contribution in [2.75, 3.05) is 0 Å². The highest BCUT2D eigenvalue weighted by Gasteiger charge is 2.45. The molecule has 2 atom stereocenters. The van der Waals surface area contributed by atoms with Gasteiger partial charge in [-0.15, -0.1) is 11.8 Å². The van der Waals surface area contributed by atoms with E-state index in [0.717, 1.165) is 11.2 Å². The molecule has 11 heavy (non-hydrogen) atoms. The maximum atomic E-state index is 2.36. The molecule has 56 valence electrons. The Hall–Kier alpha value is -0.430. The number of rotatable bonds is 0. The van der Waals surface area contributed by atoms with Crippen molar-refractivity contribution in [1.82, 2.24) is 0 Å². The number of hydrogen-bond donors (Lipinski definition) is 0. The number of benzene rings is 1. The fourth-order valence-electron chi connectivity index (χ4n) is 1.86. The smallest absolute Gasteiger partial charge is 0.0170 e. The third-order valence-corrected chi connectivity index (χ3v) is 4.02. The summed E-state index contributed by atoms with van der Waals surface area (Å²) in [5.41, 5.74) is 3.04. The molecule has 1 heterocycles. The largest absolute Gasteiger partial charge is 0.122 e. The van der Waals surface area contributed by atoms with Crippen LogP contribution in [0.1, 0.15) is 23.5 Å². The number of fused-ring (bicyclic) bond motifs is 3. The highest BCUT2D eigenvalue weighted by atomic mass is 32.2. The van der Waals surface area contributed by atoms with Gasteiger partial charge in [-0.25, -0.2) is 0 Å². The second-order valence-electron chi connectivity index (χ2n) is 3.54. The Morgan fingerprint density at radius 1 is 1.45 bits per heavy atom. The lowest BCUT2D eigenvalue weighted by atomic mass is 10.1. The van der Waals surface area contributed by atoms with Crippen LogP contribution in [0.15, 0.2) is 23.1 Å². The van der Waals surface area contributed by atoms with Gasteiger partial charge in [-0.2, -0.15) is 0 Å². The van der Waals surface area contributed by atoms with Gasteiger partial charge in [-0.3, -0.25) is 0 Å². The van der Waals surface area contributed by atoms with Crippen molar-refractivity contribution >= 4 is 11.8 Å². The SMILES string of the molecule is Cc1ccc2c(c1)C1CC1S2. The van der Waals surface area contributed by atoms with E-state index in [2.05, 4.69) is 36.9 Å². The molecule has 0 radical (unpaired) electrons. The summed E-state index contributed by atoms with van der Waals surface area (Å²) in [5.74, 6) is 0.926. The van der Waals surface area contributed by atoms with Crippen LogP contribution in [0.4, 0.5) is 0 Å². The summed E-state index contributed by atoms with van der Waals surface area (Å²) in [6.07, 6.45) is 1.43. The Balaban J connectivity index is 2.20. The Morgan fingerprint density at radius 2 is 2.36 bits per heavy atom. The molecule has 0 N–H and O–H groups in total. The minimum absolute atomic E-state index is 0.926. The lowest BCUT2D eigenvalue weighted by Gasteiger charge is -2.01. The minimum atomic E-state index is 0.926. The van der Waals surface area contributed by atoms with Crippen molar-refractivity contribution in [2.24, 2.45) is 0 Å². The molecule has 3 rings (SSSR count). The molecule has 1 aliphatic heterocycles. The lowest BCUT2D eigenvalue weighted by molar-refractivity contribution is 1.09. The Labute approximate surface area is 71.0 Å². The van der Waals surface area contributed by atoms with Crippen LogP contribution < -0.4 is 0 Å². The summed E-state index contributed by atoms with van der Waals surface area (Å²) in [6, 6.07) is 6.86. The third-order valence-electron chi connectivity index (χ3n) is 2.57. The molecule has 2 unspecified atom stereocenters. The monoisotopic (exact) mass is 162 g/mol. The van der Waals surface area contributed by atoms with E-state index in [1.165, 1.54) is 16.9 Å². The molecule has 0 spiro atoms. The molecule has 1 saturated carbocycles. The van der Waals surface area contributed by atoms with Crippen molar-refractivity contribution in [3.8, 4) is 0 Å². The van der Waals surface area contributed by atoms with Crippen molar-refractivity contribution < 1.29 is 0 Å². The number of aryl methyl sites for hydroxylation is 1. The fourth-order valence-corrected chi connectivity index (χ4v) is 3.29. The molecular weight excluding hydrogens is 152 g/mol. The van der Waals surface area contributed by atoms with Crippen LogP contribution in [0, 0.1) is 6.92 Å². The van der Waals surface area contributed by atoms with Crippen LogP contribution in [0.3, 0.4) is 0 Å². The predicted molar refractivity (Wildman–Crippen MR) is 48.2 cm³/mol. The first-order valence-electron chi connectivity index (χ1n) is 4.12. The van der Waals surface area contributed by atoms with Crippen LogP contribution in [0.2, 0.25) is 0 Å². The molecule has 0 nitrogen and oxygen atoms in total. The van der Waals surface area contributed by atoms with Gasteiger partial charge in [0.25, 0.3) is 0 Å². The van der Waals surface area contributed by atoms with Gasteiger partial charge in [0.15, 0.2) is 0 Å². The van der Waals surface area contributed by atoms with E-state index in [9.17, 15) is 0 Å². The topological polar surface area (TPSA) is 0 Å². The number of hydrogen-bond acceptors (Lipinski definition) is 1. The highest BCUT2D eigenvalue weighted by Crippen LogP contribution is 2.60. The predicted octanol–water partition coefficient (Wildman–Crippen LogP) is 2.96. The molecule has 2 aliphatic rings. The molecule has 1 aromatic carbocycles. The molecule has 1 fully saturated rings. The molecule has 0 amide bonds. The highest BCUT2D eigenvalue weighted by molar-refractivity contribution is 8.00. The van der Waals surface area contributed by atoms with Crippen molar-refractivity contribution in [1.29, 1.82) is 0 Å². The Bertz CT molecular complexity index is 317. The second kappa shape index (κ2) is 1.84. The van der Waals surface area contributed by atoms with E-state index in [4.69, 9.17) is 0 Å². The quantitative estimate of drug-likeness (QED) is 0.565. The molecule has 0 bridgehead atoms. The first-order valence-corrected chi connectivity index (χ1v) is 5.00.